The van der Waals surface area contributed by atoms with Crippen LogP contribution in [0.15, 0.2) is 29.1 Å². The predicted octanol–water partition coefficient (Wildman–Crippen LogP) is 1.95. The summed E-state index contributed by atoms with van der Waals surface area (Å²) in [5, 5.41) is 18.8. The predicted molar refractivity (Wildman–Crippen MR) is 93.2 cm³/mol. The second kappa shape index (κ2) is 7.01. The van der Waals surface area contributed by atoms with Crippen molar-refractivity contribution in [2.75, 3.05) is 12.3 Å². The van der Waals surface area contributed by atoms with Crippen LogP contribution in [-0.2, 0) is 11.3 Å². The molecule has 8 nitrogen and oxygen atoms in total. The number of carboxylic acids is 2. The van der Waals surface area contributed by atoms with Crippen molar-refractivity contribution in [2.45, 2.75) is 19.4 Å². The van der Waals surface area contributed by atoms with Crippen LogP contribution in [0, 0.1) is 5.92 Å². The standard InChI is InChI=1S/C18H18N2O6/c19-15-13(17(22)23)12(14(18(24)25)16(21)20-15)11-5-3-10(4-6-11)8-26-7-9-1-2-9/h3-6,9H,1-2,7-8H2,(H,22,23)(H,24,25)(H3,19,20,21). The van der Waals surface area contributed by atoms with Crippen LogP contribution >= 0.6 is 0 Å². The van der Waals surface area contributed by atoms with E-state index in [9.17, 15) is 24.6 Å². The van der Waals surface area contributed by atoms with Crippen LogP contribution in [0.1, 0.15) is 39.1 Å². The molecule has 1 aromatic heterocycles. The topological polar surface area (TPSA) is 143 Å². The number of anilines is 1. The Morgan fingerprint density at radius 1 is 1.12 bits per heavy atom. The number of aromatic carboxylic acids is 2. The molecule has 8 heteroatoms. The number of aromatic amines is 1. The lowest BCUT2D eigenvalue weighted by molar-refractivity contribution is 0.0695. The molecule has 0 unspecified atom stereocenters. The van der Waals surface area contributed by atoms with E-state index < -0.39 is 28.6 Å². The second-order valence-corrected chi connectivity index (χ2v) is 6.26. The number of aromatic nitrogens is 1. The summed E-state index contributed by atoms with van der Waals surface area (Å²) in [6.45, 7) is 1.12. The molecule has 1 heterocycles. The van der Waals surface area contributed by atoms with Gasteiger partial charge in [-0.05, 0) is 29.9 Å². The number of nitrogen functional groups attached to an aromatic ring is 1. The van der Waals surface area contributed by atoms with Crippen LogP contribution < -0.4 is 11.3 Å². The van der Waals surface area contributed by atoms with E-state index in [-0.39, 0.29) is 16.9 Å². The lowest BCUT2D eigenvalue weighted by Crippen LogP contribution is -2.24. The number of carbonyl (C=O) groups is 2. The van der Waals surface area contributed by atoms with Crippen molar-refractivity contribution in [3.8, 4) is 11.1 Å². The van der Waals surface area contributed by atoms with Crippen LogP contribution in [-0.4, -0.2) is 33.7 Å². The SMILES string of the molecule is Nc1[nH]c(=O)c(C(=O)O)c(-c2ccc(COCC3CC3)cc2)c1C(=O)O. The van der Waals surface area contributed by atoms with Gasteiger partial charge in [0, 0.05) is 12.2 Å². The zero-order valence-electron chi connectivity index (χ0n) is 13.8. The third kappa shape index (κ3) is 3.60. The van der Waals surface area contributed by atoms with E-state index in [2.05, 4.69) is 4.98 Å². The normalized spacial score (nSPS) is 13.5. The molecule has 1 fully saturated rings. The largest absolute Gasteiger partial charge is 0.478 e. The second-order valence-electron chi connectivity index (χ2n) is 6.26. The van der Waals surface area contributed by atoms with E-state index >= 15 is 0 Å². The van der Waals surface area contributed by atoms with Gasteiger partial charge in [-0.25, -0.2) is 9.59 Å². The summed E-state index contributed by atoms with van der Waals surface area (Å²) in [4.78, 5) is 37.1. The molecule has 0 bridgehead atoms. The van der Waals surface area contributed by atoms with Crippen LogP contribution in [0.3, 0.4) is 0 Å². The molecule has 26 heavy (non-hydrogen) atoms. The molecule has 1 saturated carbocycles. The fraction of sp³-hybridized carbons (Fsp3) is 0.278. The van der Waals surface area contributed by atoms with Crippen molar-refractivity contribution in [3.05, 3.63) is 51.3 Å². The van der Waals surface area contributed by atoms with Gasteiger partial charge in [0.25, 0.3) is 5.56 Å². The molecule has 136 valence electrons. The molecule has 3 rings (SSSR count). The Balaban J connectivity index is 2.00. The van der Waals surface area contributed by atoms with E-state index in [1.807, 2.05) is 0 Å². The Morgan fingerprint density at radius 2 is 1.73 bits per heavy atom. The fourth-order valence-electron chi connectivity index (χ4n) is 2.73. The lowest BCUT2D eigenvalue weighted by atomic mass is 9.95. The third-order valence-electron chi connectivity index (χ3n) is 4.23. The number of pyridine rings is 1. The Morgan fingerprint density at radius 3 is 2.27 bits per heavy atom. The van der Waals surface area contributed by atoms with E-state index in [0.717, 1.165) is 5.56 Å². The maximum atomic E-state index is 12.0. The first-order chi connectivity index (χ1) is 12.4. The number of nitrogens with two attached hydrogens (primary N) is 1. The number of hydrogen-bond acceptors (Lipinski definition) is 5. The number of carboxylic acid groups (broad SMARTS) is 2. The van der Waals surface area contributed by atoms with Gasteiger partial charge in [0.05, 0.1) is 6.61 Å². The highest BCUT2D eigenvalue weighted by Gasteiger charge is 2.26. The van der Waals surface area contributed by atoms with Gasteiger partial charge in [-0.1, -0.05) is 24.3 Å². The lowest BCUT2D eigenvalue weighted by Gasteiger charge is -2.12. The van der Waals surface area contributed by atoms with Crippen molar-refractivity contribution in [2.24, 2.45) is 5.92 Å². The first kappa shape index (κ1) is 17.7. The molecule has 0 aliphatic heterocycles. The number of ether oxygens (including phenoxy) is 1. The summed E-state index contributed by atoms with van der Waals surface area (Å²) < 4.78 is 5.59. The zero-order chi connectivity index (χ0) is 18.8. The van der Waals surface area contributed by atoms with Gasteiger partial charge in [-0.2, -0.15) is 0 Å². The minimum atomic E-state index is -1.53. The first-order valence-electron chi connectivity index (χ1n) is 8.08. The monoisotopic (exact) mass is 358 g/mol. The molecule has 1 aliphatic carbocycles. The molecule has 0 atom stereocenters. The van der Waals surface area contributed by atoms with Crippen molar-refractivity contribution in [1.29, 1.82) is 0 Å². The number of rotatable bonds is 7. The van der Waals surface area contributed by atoms with Crippen LogP contribution in [0.5, 0.6) is 0 Å². The molecule has 1 aliphatic rings. The van der Waals surface area contributed by atoms with Gasteiger partial charge < -0.3 is 25.7 Å². The van der Waals surface area contributed by atoms with Crippen molar-refractivity contribution in [1.82, 2.24) is 4.98 Å². The molecule has 0 amide bonds. The van der Waals surface area contributed by atoms with Gasteiger partial charge in [-0.15, -0.1) is 0 Å². The van der Waals surface area contributed by atoms with Crippen LogP contribution in [0.25, 0.3) is 11.1 Å². The quantitative estimate of drug-likeness (QED) is 0.592. The number of H-pyrrole nitrogens is 1. The molecular weight excluding hydrogens is 340 g/mol. The maximum absolute atomic E-state index is 12.0. The minimum Gasteiger partial charge on any atom is -0.478 e. The number of hydrogen-bond donors (Lipinski definition) is 4. The summed E-state index contributed by atoms with van der Waals surface area (Å²) in [6.07, 6.45) is 2.39. The highest BCUT2D eigenvalue weighted by Crippen LogP contribution is 2.30. The van der Waals surface area contributed by atoms with Gasteiger partial charge in [0.15, 0.2) is 0 Å². The molecular formula is C18H18N2O6. The minimum absolute atomic E-state index is 0.211. The molecule has 2 aromatic rings. The molecule has 0 radical (unpaired) electrons. The Kier molecular flexibility index (Phi) is 4.77. The Labute approximate surface area is 148 Å². The van der Waals surface area contributed by atoms with Crippen LogP contribution in [0.4, 0.5) is 5.82 Å². The summed E-state index contributed by atoms with van der Waals surface area (Å²) >= 11 is 0. The Bertz CT molecular complexity index is 913. The molecule has 1 aromatic carbocycles. The van der Waals surface area contributed by atoms with Gasteiger partial charge in [0.2, 0.25) is 0 Å². The van der Waals surface area contributed by atoms with Crippen molar-refractivity contribution < 1.29 is 24.5 Å². The third-order valence-corrected chi connectivity index (χ3v) is 4.23. The van der Waals surface area contributed by atoms with E-state index in [4.69, 9.17) is 10.5 Å². The van der Waals surface area contributed by atoms with Gasteiger partial charge >= 0.3 is 11.9 Å². The first-order valence-corrected chi connectivity index (χ1v) is 8.08. The molecule has 0 saturated heterocycles. The summed E-state index contributed by atoms with van der Waals surface area (Å²) in [7, 11) is 0. The smallest absolute Gasteiger partial charge is 0.342 e. The average molecular weight is 358 g/mol. The average Bonchev–Trinajstić information content (AvgIpc) is 3.38. The number of nitrogens with one attached hydrogen (secondary N) is 1. The maximum Gasteiger partial charge on any atom is 0.342 e. The van der Waals surface area contributed by atoms with E-state index in [0.29, 0.717) is 19.1 Å². The Hall–Kier alpha value is -3.13. The zero-order valence-corrected chi connectivity index (χ0v) is 13.8. The van der Waals surface area contributed by atoms with E-state index in [1.165, 1.54) is 12.8 Å². The van der Waals surface area contributed by atoms with Crippen molar-refractivity contribution >= 4 is 17.8 Å². The summed E-state index contributed by atoms with van der Waals surface area (Å²) in [5.74, 6) is -2.70. The number of benzene rings is 1. The van der Waals surface area contributed by atoms with Crippen molar-refractivity contribution in [3.63, 3.8) is 0 Å². The van der Waals surface area contributed by atoms with E-state index in [1.54, 1.807) is 24.3 Å². The molecule has 0 spiro atoms. The van der Waals surface area contributed by atoms with Gasteiger partial charge in [0.1, 0.15) is 16.9 Å². The van der Waals surface area contributed by atoms with Crippen LogP contribution in [0.2, 0.25) is 0 Å². The molecule has 5 N–H and O–H groups in total. The summed E-state index contributed by atoms with van der Waals surface area (Å²) in [6, 6.07) is 6.53. The summed E-state index contributed by atoms with van der Waals surface area (Å²) in [5.41, 5.74) is 4.49. The van der Waals surface area contributed by atoms with Gasteiger partial charge in [-0.3, -0.25) is 4.79 Å². The fourth-order valence-corrected chi connectivity index (χ4v) is 2.73. The highest BCUT2D eigenvalue weighted by atomic mass is 16.5. The highest BCUT2D eigenvalue weighted by molar-refractivity contribution is 6.07.